The number of aryl methyl sites for hydroxylation is 1. The van der Waals surface area contributed by atoms with Crippen molar-refractivity contribution in [1.82, 2.24) is 14.9 Å². The molecule has 1 aliphatic rings. The maximum atomic E-state index is 12.7. The fourth-order valence-corrected chi connectivity index (χ4v) is 4.00. The predicted molar refractivity (Wildman–Crippen MR) is 128 cm³/mol. The third kappa shape index (κ3) is 5.18. The molecule has 1 fully saturated rings. The van der Waals surface area contributed by atoms with Crippen molar-refractivity contribution in [2.75, 3.05) is 24.1 Å². The number of benzene rings is 1. The van der Waals surface area contributed by atoms with Gasteiger partial charge in [0.1, 0.15) is 5.71 Å². The van der Waals surface area contributed by atoms with Crippen LogP contribution in [0.4, 0.5) is 11.4 Å². The van der Waals surface area contributed by atoms with Crippen LogP contribution in [-0.2, 0) is 11.3 Å². The van der Waals surface area contributed by atoms with Crippen molar-refractivity contribution in [2.24, 2.45) is 0 Å². The number of nitrogens with two attached hydrogens (primary N) is 1. The Morgan fingerprint density at radius 2 is 1.81 bits per heavy atom. The van der Waals surface area contributed by atoms with Crippen molar-refractivity contribution in [3.8, 4) is 11.1 Å². The lowest BCUT2D eigenvalue weighted by Gasteiger charge is -2.26. The van der Waals surface area contributed by atoms with Crippen molar-refractivity contribution in [3.05, 3.63) is 71.8 Å². The smallest absolute Gasteiger partial charge is 0.274 e. The maximum Gasteiger partial charge on any atom is 0.274 e. The molecule has 3 aromatic rings. The predicted octanol–water partition coefficient (Wildman–Crippen LogP) is 4.03. The Balaban J connectivity index is 1.54. The molecule has 0 atom stereocenters. The van der Waals surface area contributed by atoms with Gasteiger partial charge in [-0.1, -0.05) is 12.5 Å². The number of amides is 1. The van der Waals surface area contributed by atoms with E-state index in [1.807, 2.05) is 19.2 Å². The van der Waals surface area contributed by atoms with Gasteiger partial charge in [0.2, 0.25) is 0 Å². The molecule has 1 aliphatic heterocycles. The Morgan fingerprint density at radius 1 is 1.03 bits per heavy atom. The van der Waals surface area contributed by atoms with Crippen LogP contribution in [0.5, 0.6) is 0 Å². The Morgan fingerprint density at radius 3 is 2.59 bits per heavy atom. The number of anilines is 2. The molecule has 0 bridgehead atoms. The second-order valence-corrected chi connectivity index (χ2v) is 8.30. The number of nitrogens with zero attached hydrogens (tertiary/aromatic N) is 3. The van der Waals surface area contributed by atoms with Gasteiger partial charge in [0.15, 0.2) is 0 Å². The molecule has 32 heavy (non-hydrogen) atoms. The fraction of sp³-hybridized carbons (Fsp3) is 0.280. The molecule has 1 saturated heterocycles. The minimum absolute atomic E-state index is 0.191. The molecule has 164 valence electrons. The highest BCUT2D eigenvalue weighted by molar-refractivity contribution is 6.48. The van der Waals surface area contributed by atoms with Gasteiger partial charge in [-0.3, -0.25) is 25.1 Å². The number of carbonyl (C=O) groups is 1. The van der Waals surface area contributed by atoms with Gasteiger partial charge in [0, 0.05) is 41.9 Å². The zero-order valence-electron chi connectivity index (χ0n) is 18.3. The molecule has 1 amide bonds. The highest BCUT2D eigenvalue weighted by Crippen LogP contribution is 2.25. The van der Waals surface area contributed by atoms with Gasteiger partial charge in [-0.2, -0.15) is 0 Å². The van der Waals surface area contributed by atoms with E-state index in [0.29, 0.717) is 16.9 Å². The van der Waals surface area contributed by atoms with Crippen LogP contribution in [0.2, 0.25) is 0 Å². The molecular weight excluding hydrogens is 400 g/mol. The zero-order valence-corrected chi connectivity index (χ0v) is 18.3. The number of nitrogens with one attached hydrogen (secondary N) is 2. The average molecular weight is 429 g/mol. The second-order valence-electron chi connectivity index (χ2n) is 8.30. The summed E-state index contributed by atoms with van der Waals surface area (Å²) >= 11 is 0. The van der Waals surface area contributed by atoms with E-state index in [9.17, 15) is 4.79 Å². The summed E-state index contributed by atoms with van der Waals surface area (Å²) in [7, 11) is 0. The highest BCUT2D eigenvalue weighted by atomic mass is 16.1. The third-order valence-corrected chi connectivity index (χ3v) is 5.67. The third-order valence-electron chi connectivity index (χ3n) is 5.67. The molecule has 4 rings (SSSR count). The van der Waals surface area contributed by atoms with Gasteiger partial charge in [-0.15, -0.1) is 0 Å². The summed E-state index contributed by atoms with van der Waals surface area (Å²) in [6.07, 6.45) is 10.8. The van der Waals surface area contributed by atoms with Crippen LogP contribution in [-0.4, -0.2) is 39.6 Å². The number of aromatic nitrogens is 2. The van der Waals surface area contributed by atoms with E-state index in [4.69, 9.17) is 11.1 Å². The number of rotatable bonds is 6. The molecule has 0 unspecified atom stereocenters. The summed E-state index contributed by atoms with van der Waals surface area (Å²) in [6, 6.07) is 9.35. The number of likely N-dealkylation sites (tertiary alicyclic amines) is 1. The molecule has 3 heterocycles. The molecule has 7 nitrogen and oxygen atoms in total. The van der Waals surface area contributed by atoms with Crippen LogP contribution in [0.3, 0.4) is 0 Å². The molecule has 0 aliphatic carbocycles. The second kappa shape index (κ2) is 9.70. The summed E-state index contributed by atoms with van der Waals surface area (Å²) in [4.78, 5) is 23.6. The Kier molecular flexibility index (Phi) is 6.56. The molecule has 4 N–H and O–H groups in total. The van der Waals surface area contributed by atoms with Crippen molar-refractivity contribution < 1.29 is 4.79 Å². The van der Waals surface area contributed by atoms with Crippen LogP contribution >= 0.6 is 0 Å². The van der Waals surface area contributed by atoms with Gasteiger partial charge in [-0.05, 0) is 73.8 Å². The number of piperidine rings is 1. The molecule has 2 aromatic heterocycles. The molecular formula is C25H28N6O. The average Bonchev–Trinajstić information content (AvgIpc) is 2.80. The van der Waals surface area contributed by atoms with E-state index in [2.05, 4.69) is 26.3 Å². The van der Waals surface area contributed by atoms with Crippen LogP contribution in [0, 0.1) is 12.3 Å². The monoisotopic (exact) mass is 428 g/mol. The molecule has 0 radical (unpaired) electrons. The van der Waals surface area contributed by atoms with Crippen LogP contribution in [0.15, 0.2) is 55.1 Å². The fourth-order valence-electron chi connectivity index (χ4n) is 4.00. The quantitative estimate of drug-likeness (QED) is 0.406. The summed E-state index contributed by atoms with van der Waals surface area (Å²) in [6.45, 7) is 5.02. The van der Waals surface area contributed by atoms with Crippen LogP contribution in [0.25, 0.3) is 11.1 Å². The first-order chi connectivity index (χ1) is 15.5. The van der Waals surface area contributed by atoms with Crippen LogP contribution < -0.4 is 11.1 Å². The first kappa shape index (κ1) is 21.6. The van der Waals surface area contributed by atoms with Gasteiger partial charge in [-0.25, -0.2) is 0 Å². The van der Waals surface area contributed by atoms with E-state index in [-0.39, 0.29) is 5.71 Å². The van der Waals surface area contributed by atoms with Crippen molar-refractivity contribution >= 4 is 23.0 Å². The van der Waals surface area contributed by atoms with Gasteiger partial charge in [0.25, 0.3) is 5.91 Å². The van der Waals surface area contributed by atoms with Crippen molar-refractivity contribution in [3.63, 3.8) is 0 Å². The maximum absolute atomic E-state index is 12.7. The van der Waals surface area contributed by atoms with E-state index in [1.54, 1.807) is 36.8 Å². The minimum Gasteiger partial charge on any atom is -0.398 e. The van der Waals surface area contributed by atoms with Gasteiger partial charge >= 0.3 is 0 Å². The largest absolute Gasteiger partial charge is 0.398 e. The lowest BCUT2D eigenvalue weighted by atomic mass is 9.99. The standard InChI is InChI=1S/C25H28N6O/c1-17-9-21(15-28-12-17)30-25(32)24(27)22-11-19(5-6-23(22)26)20-10-18(13-29-14-20)16-31-7-3-2-4-8-31/h5-6,9-15,27H,2-4,7-8,16,26H2,1H3,(H,30,32). The molecule has 0 spiro atoms. The summed E-state index contributed by atoms with van der Waals surface area (Å²) in [5.41, 5.74) is 11.1. The normalized spacial score (nSPS) is 14.2. The lowest BCUT2D eigenvalue weighted by molar-refractivity contribution is -0.110. The van der Waals surface area contributed by atoms with E-state index < -0.39 is 5.91 Å². The van der Waals surface area contributed by atoms with Gasteiger partial charge < -0.3 is 11.1 Å². The van der Waals surface area contributed by atoms with E-state index >= 15 is 0 Å². The summed E-state index contributed by atoms with van der Waals surface area (Å²) < 4.78 is 0. The minimum atomic E-state index is -0.529. The summed E-state index contributed by atoms with van der Waals surface area (Å²) in [5.74, 6) is -0.529. The lowest BCUT2D eigenvalue weighted by Crippen LogP contribution is -2.29. The zero-order chi connectivity index (χ0) is 22.5. The Hall–Kier alpha value is -3.58. The van der Waals surface area contributed by atoms with E-state index in [0.717, 1.165) is 41.9 Å². The first-order valence-corrected chi connectivity index (χ1v) is 10.9. The number of hydrogen-bond acceptors (Lipinski definition) is 6. The summed E-state index contributed by atoms with van der Waals surface area (Å²) in [5, 5.41) is 11.1. The molecule has 0 saturated carbocycles. The number of hydrogen-bond donors (Lipinski definition) is 3. The SMILES string of the molecule is Cc1cncc(NC(=O)C(=N)c2cc(-c3cncc(CN4CCCCC4)c3)ccc2N)c1. The molecule has 7 heteroatoms. The first-order valence-electron chi connectivity index (χ1n) is 10.9. The molecule has 1 aromatic carbocycles. The van der Waals surface area contributed by atoms with Crippen molar-refractivity contribution in [1.29, 1.82) is 5.41 Å². The number of nitrogen functional groups attached to an aromatic ring is 1. The highest BCUT2D eigenvalue weighted by Gasteiger charge is 2.17. The topological polar surface area (TPSA) is 108 Å². The van der Waals surface area contributed by atoms with Gasteiger partial charge in [0.05, 0.1) is 11.9 Å². The van der Waals surface area contributed by atoms with E-state index in [1.165, 1.54) is 19.3 Å². The van der Waals surface area contributed by atoms with Crippen LogP contribution in [0.1, 0.15) is 36.0 Å². The van der Waals surface area contributed by atoms with Crippen molar-refractivity contribution in [2.45, 2.75) is 32.7 Å². The Labute approximate surface area is 188 Å². The Bertz CT molecular complexity index is 1140. The number of carbonyl (C=O) groups excluding carboxylic acids is 1. The number of pyridine rings is 2.